The number of carbonyl (C=O) groups is 1. The third kappa shape index (κ3) is 3.21. The van der Waals surface area contributed by atoms with Crippen molar-refractivity contribution in [2.24, 2.45) is 0 Å². The van der Waals surface area contributed by atoms with Crippen molar-refractivity contribution in [2.75, 3.05) is 0 Å². The maximum atomic E-state index is 11.3. The van der Waals surface area contributed by atoms with E-state index < -0.39 is 0 Å². The molecule has 1 aromatic rings. The summed E-state index contributed by atoms with van der Waals surface area (Å²) in [5.74, 6) is 0.976. The summed E-state index contributed by atoms with van der Waals surface area (Å²) in [6, 6.07) is 10.5. The van der Waals surface area contributed by atoms with E-state index in [0.717, 1.165) is 23.1 Å². The molecule has 1 heterocycles. The summed E-state index contributed by atoms with van der Waals surface area (Å²) in [5, 5.41) is 1.03. The van der Waals surface area contributed by atoms with E-state index in [9.17, 15) is 4.79 Å². The van der Waals surface area contributed by atoms with E-state index in [2.05, 4.69) is 24.3 Å². The normalized spacial score (nSPS) is 19.3. The molecule has 0 radical (unpaired) electrons. The Balaban J connectivity index is 1.86. The number of allylic oxidation sites excluding steroid dienone is 1. The molecule has 3 heteroatoms. The second-order valence-corrected chi connectivity index (χ2v) is 6.45. The second kappa shape index (κ2) is 5.52. The summed E-state index contributed by atoms with van der Waals surface area (Å²) >= 11 is 0.429. The summed E-state index contributed by atoms with van der Waals surface area (Å²) in [5.41, 5.74) is 0.874. The topological polar surface area (TPSA) is 26.3 Å². The van der Waals surface area contributed by atoms with E-state index in [1.807, 2.05) is 13.0 Å². The van der Waals surface area contributed by atoms with Crippen molar-refractivity contribution in [1.29, 1.82) is 0 Å². The van der Waals surface area contributed by atoms with Crippen LogP contribution in [0.5, 0.6) is 0 Å². The number of carbonyl (C=O) groups excluding carboxylic acids is 1. The van der Waals surface area contributed by atoms with E-state index >= 15 is 0 Å². The van der Waals surface area contributed by atoms with Gasteiger partial charge in [-0.1, -0.05) is 0 Å². The van der Waals surface area contributed by atoms with Crippen molar-refractivity contribution < 1.29 is 9.53 Å². The van der Waals surface area contributed by atoms with Gasteiger partial charge in [0, 0.05) is 0 Å². The molecule has 0 aromatic heterocycles. The first kappa shape index (κ1) is 12.4. The van der Waals surface area contributed by atoms with Crippen molar-refractivity contribution >= 4 is 25.2 Å². The van der Waals surface area contributed by atoms with Crippen LogP contribution in [0, 0.1) is 0 Å². The number of rotatable bonds is 4. The van der Waals surface area contributed by atoms with Gasteiger partial charge in [0.15, 0.2) is 0 Å². The van der Waals surface area contributed by atoms with Crippen LogP contribution in [0.3, 0.4) is 0 Å². The molecule has 2 rings (SSSR count). The zero-order valence-corrected chi connectivity index (χ0v) is 11.8. The van der Waals surface area contributed by atoms with Gasteiger partial charge >= 0.3 is 108 Å². The number of hydrogen-bond acceptors (Lipinski definition) is 2. The minimum atomic E-state index is 0.150. The van der Waals surface area contributed by atoms with E-state index in [0.29, 0.717) is 15.0 Å². The van der Waals surface area contributed by atoms with Crippen molar-refractivity contribution in [3.8, 4) is 0 Å². The van der Waals surface area contributed by atoms with Crippen molar-refractivity contribution in [2.45, 2.75) is 31.7 Å². The molecular weight excluding hydrogens is 279 g/mol. The molecule has 1 aliphatic heterocycles. The van der Waals surface area contributed by atoms with Crippen LogP contribution >= 0.6 is 0 Å². The average Bonchev–Trinajstić information content (AvgIpc) is 2.69. The fourth-order valence-electron chi connectivity index (χ4n) is 1.92. The van der Waals surface area contributed by atoms with Gasteiger partial charge < -0.3 is 0 Å². The summed E-state index contributed by atoms with van der Waals surface area (Å²) in [7, 11) is 0. The number of ketones is 1. The molecule has 2 nitrogen and oxygen atoms in total. The first-order valence-electron chi connectivity index (χ1n) is 5.72. The summed E-state index contributed by atoms with van der Waals surface area (Å²) in [4.78, 5) is 11.3. The zero-order valence-electron chi connectivity index (χ0n) is 10.1. The molecule has 1 aliphatic rings. The molecule has 0 saturated carbocycles. The van der Waals surface area contributed by atoms with Crippen LogP contribution in [0.15, 0.2) is 41.7 Å². The van der Waals surface area contributed by atoms with Gasteiger partial charge in [0.25, 0.3) is 0 Å². The first-order valence-corrected chi connectivity index (χ1v) is 7.79. The van der Waals surface area contributed by atoms with Gasteiger partial charge in [-0.05, 0) is 0 Å². The molecule has 90 valence electrons. The van der Waals surface area contributed by atoms with Gasteiger partial charge in [-0.25, -0.2) is 0 Å². The van der Waals surface area contributed by atoms with Crippen molar-refractivity contribution in [1.82, 2.24) is 0 Å². The van der Waals surface area contributed by atoms with Crippen LogP contribution in [0.4, 0.5) is 0 Å². The number of hydrogen-bond donors (Lipinski definition) is 0. The van der Waals surface area contributed by atoms with Gasteiger partial charge in [-0.3, -0.25) is 0 Å². The molecule has 17 heavy (non-hydrogen) atoms. The van der Waals surface area contributed by atoms with E-state index in [4.69, 9.17) is 4.74 Å². The van der Waals surface area contributed by atoms with Crippen LogP contribution in [-0.4, -0.2) is 26.8 Å². The molecule has 1 unspecified atom stereocenters. The molecule has 0 N–H and O–H groups in total. The van der Waals surface area contributed by atoms with Crippen molar-refractivity contribution in [3.63, 3.8) is 0 Å². The van der Waals surface area contributed by atoms with Crippen molar-refractivity contribution in [3.05, 3.63) is 41.7 Å². The molecule has 0 amide bonds. The van der Waals surface area contributed by atoms with Crippen LogP contribution in [-0.2, 0) is 9.53 Å². The summed E-state index contributed by atoms with van der Waals surface area (Å²) in [6.07, 6.45) is 0.990. The number of benzene rings is 1. The SMILES string of the molecule is CC(=O)C1=C(C)OC(C[Se]c2ccccc2)C1. The van der Waals surface area contributed by atoms with Crippen LogP contribution in [0.2, 0.25) is 5.32 Å². The fourth-order valence-corrected chi connectivity index (χ4v) is 3.84. The fraction of sp³-hybridized carbons (Fsp3) is 0.357. The molecule has 0 saturated heterocycles. The van der Waals surface area contributed by atoms with Gasteiger partial charge in [-0.15, -0.1) is 0 Å². The quantitative estimate of drug-likeness (QED) is 0.795. The Morgan fingerprint density at radius 3 is 2.71 bits per heavy atom. The third-order valence-corrected chi connectivity index (χ3v) is 5.20. The Morgan fingerprint density at radius 1 is 1.41 bits per heavy atom. The van der Waals surface area contributed by atoms with Crippen LogP contribution in [0.25, 0.3) is 0 Å². The molecule has 0 fully saturated rings. The molecule has 0 spiro atoms. The Bertz CT molecular complexity index is 437. The Kier molecular flexibility index (Phi) is 4.03. The summed E-state index contributed by atoms with van der Waals surface area (Å²) < 4.78 is 7.12. The summed E-state index contributed by atoms with van der Waals surface area (Å²) in [6.45, 7) is 3.51. The Morgan fingerprint density at radius 2 is 2.12 bits per heavy atom. The predicted molar refractivity (Wildman–Crippen MR) is 69.5 cm³/mol. The minimum absolute atomic E-state index is 0.150. The first-order chi connectivity index (χ1) is 8.16. The molecule has 1 atom stereocenters. The molecule has 0 aliphatic carbocycles. The monoisotopic (exact) mass is 296 g/mol. The van der Waals surface area contributed by atoms with E-state index in [1.54, 1.807) is 6.92 Å². The average molecular weight is 295 g/mol. The predicted octanol–water partition coefficient (Wildman–Crippen LogP) is 2.09. The van der Waals surface area contributed by atoms with E-state index in [-0.39, 0.29) is 11.9 Å². The molecular formula is C14H16O2Se. The Labute approximate surface area is 108 Å². The third-order valence-electron chi connectivity index (χ3n) is 2.80. The van der Waals surface area contributed by atoms with Gasteiger partial charge in [-0.2, -0.15) is 0 Å². The zero-order chi connectivity index (χ0) is 12.3. The van der Waals surface area contributed by atoms with Crippen LogP contribution in [0.1, 0.15) is 20.3 Å². The maximum absolute atomic E-state index is 11.3. The Hall–Kier alpha value is -1.05. The molecule has 1 aromatic carbocycles. The molecule has 0 bridgehead atoms. The van der Waals surface area contributed by atoms with Gasteiger partial charge in [0.2, 0.25) is 0 Å². The van der Waals surface area contributed by atoms with Gasteiger partial charge in [0.05, 0.1) is 0 Å². The second-order valence-electron chi connectivity index (χ2n) is 4.16. The van der Waals surface area contributed by atoms with E-state index in [1.165, 1.54) is 4.46 Å². The van der Waals surface area contributed by atoms with Crippen LogP contribution < -0.4 is 4.46 Å². The van der Waals surface area contributed by atoms with Gasteiger partial charge in [0.1, 0.15) is 0 Å². The number of Topliss-reactive ketones (excluding diaryl/α,β-unsaturated/α-hetero) is 1. The standard InChI is InChI=1S/C14H16O2Se/c1-10(15)14-8-12(16-11(14)2)9-17-13-6-4-3-5-7-13/h3-7,12H,8-9H2,1-2H3. The number of ether oxygens (including phenoxy) is 1.